The molecule has 0 aliphatic rings. The van der Waals surface area contributed by atoms with Crippen molar-refractivity contribution in [3.63, 3.8) is 0 Å². The zero-order valence-corrected chi connectivity index (χ0v) is 18.0. The Bertz CT molecular complexity index is 1220. The predicted octanol–water partition coefficient (Wildman–Crippen LogP) is 4.06. The van der Waals surface area contributed by atoms with E-state index in [1.54, 1.807) is 49.6 Å². The van der Waals surface area contributed by atoms with Gasteiger partial charge in [-0.15, -0.1) is 4.73 Å². The van der Waals surface area contributed by atoms with Gasteiger partial charge in [-0.2, -0.15) is 8.42 Å². The Morgan fingerprint density at radius 1 is 1.03 bits per heavy atom. The summed E-state index contributed by atoms with van der Waals surface area (Å²) in [5, 5.41) is 0.241. The minimum absolute atomic E-state index is 0.0716. The molecule has 0 amide bonds. The molecule has 0 unspecified atom stereocenters. The molecule has 3 rings (SSSR count). The summed E-state index contributed by atoms with van der Waals surface area (Å²) in [5.41, 5.74) is 0.896. The molecule has 3 aromatic rings. The molecule has 0 saturated heterocycles. The first-order valence-electron chi connectivity index (χ1n) is 9.12. The van der Waals surface area contributed by atoms with Crippen LogP contribution in [0.3, 0.4) is 0 Å². The van der Waals surface area contributed by atoms with Gasteiger partial charge in [0.05, 0.1) is 12.1 Å². The first-order chi connectivity index (χ1) is 14.4. The highest BCUT2D eigenvalue weighted by atomic mass is 35.5. The highest BCUT2D eigenvalue weighted by Gasteiger charge is 2.21. The molecule has 1 heterocycles. The summed E-state index contributed by atoms with van der Waals surface area (Å²) in [5.74, 6) is 0.701. The normalized spacial score (nSPS) is 11.6. The van der Waals surface area contributed by atoms with Crippen LogP contribution < -0.4 is 14.6 Å². The Morgan fingerprint density at radius 2 is 1.70 bits per heavy atom. The molecule has 2 aromatic carbocycles. The number of halogens is 1. The average Bonchev–Trinajstić information content (AvgIpc) is 2.76. The van der Waals surface area contributed by atoms with Crippen LogP contribution in [0.4, 0.5) is 0 Å². The summed E-state index contributed by atoms with van der Waals surface area (Å²) in [6.45, 7) is 1.85. The molecule has 0 atom stereocenters. The summed E-state index contributed by atoms with van der Waals surface area (Å²) in [6.07, 6.45) is 3.75. The van der Waals surface area contributed by atoms with E-state index in [0.29, 0.717) is 22.5 Å². The van der Waals surface area contributed by atoms with Crippen molar-refractivity contribution in [3.05, 3.63) is 92.9 Å². The van der Waals surface area contributed by atoms with Crippen LogP contribution in [0.15, 0.2) is 70.4 Å². The molecule has 8 heteroatoms. The smallest absolute Gasteiger partial charge is 0.357 e. The summed E-state index contributed by atoms with van der Waals surface area (Å²) in [7, 11) is -2.66. The van der Waals surface area contributed by atoms with Crippen LogP contribution in [0.5, 0.6) is 5.75 Å². The second-order valence-corrected chi connectivity index (χ2v) is 8.21. The molecule has 0 aliphatic carbocycles. The van der Waals surface area contributed by atoms with Gasteiger partial charge >= 0.3 is 10.1 Å². The van der Waals surface area contributed by atoms with Crippen LogP contribution in [-0.2, 0) is 16.5 Å². The molecule has 0 N–H and O–H groups in total. The fourth-order valence-electron chi connectivity index (χ4n) is 2.74. The van der Waals surface area contributed by atoms with Gasteiger partial charge in [0.25, 0.3) is 5.56 Å². The van der Waals surface area contributed by atoms with E-state index in [-0.39, 0.29) is 15.6 Å². The summed E-state index contributed by atoms with van der Waals surface area (Å²) in [6, 6.07) is 16.1. The van der Waals surface area contributed by atoms with Gasteiger partial charge in [0.15, 0.2) is 0 Å². The maximum absolute atomic E-state index is 12.7. The van der Waals surface area contributed by atoms with Gasteiger partial charge in [-0.3, -0.25) is 9.08 Å². The van der Waals surface area contributed by atoms with E-state index in [1.165, 1.54) is 18.2 Å². The van der Waals surface area contributed by atoms with Crippen molar-refractivity contribution < 1.29 is 17.4 Å². The van der Waals surface area contributed by atoms with Crippen molar-refractivity contribution in [1.29, 1.82) is 0 Å². The van der Waals surface area contributed by atoms with Crippen molar-refractivity contribution in [1.82, 2.24) is 4.73 Å². The topological polar surface area (TPSA) is 74.6 Å². The second kappa shape index (κ2) is 9.19. The van der Waals surface area contributed by atoms with Gasteiger partial charge in [-0.25, -0.2) is 0 Å². The summed E-state index contributed by atoms with van der Waals surface area (Å²) < 4.78 is 36.3. The third-order valence-corrected chi connectivity index (χ3v) is 5.99. The predicted molar refractivity (Wildman–Crippen MR) is 117 cm³/mol. The number of hydrogen-bond acceptors (Lipinski definition) is 5. The van der Waals surface area contributed by atoms with E-state index >= 15 is 0 Å². The van der Waals surface area contributed by atoms with E-state index < -0.39 is 15.7 Å². The second-order valence-electron chi connectivity index (χ2n) is 6.30. The minimum Gasteiger partial charge on any atom is -0.497 e. The van der Waals surface area contributed by atoms with E-state index in [4.69, 9.17) is 20.6 Å². The molecule has 156 valence electrons. The quantitative estimate of drug-likeness (QED) is 0.548. The molecule has 0 aliphatic heterocycles. The number of aryl methyl sites for hydroxylation is 1. The van der Waals surface area contributed by atoms with Gasteiger partial charge in [0.2, 0.25) is 0 Å². The van der Waals surface area contributed by atoms with Gasteiger partial charge in [0, 0.05) is 6.07 Å². The number of ether oxygens (including phenoxy) is 1. The molecule has 0 spiro atoms. The first kappa shape index (κ1) is 21.7. The van der Waals surface area contributed by atoms with Crippen LogP contribution in [0.25, 0.3) is 12.2 Å². The highest BCUT2D eigenvalue weighted by Crippen LogP contribution is 2.23. The number of rotatable bonds is 7. The molecule has 30 heavy (non-hydrogen) atoms. The summed E-state index contributed by atoms with van der Waals surface area (Å²) >= 11 is 6.47. The molecule has 0 bridgehead atoms. The van der Waals surface area contributed by atoms with E-state index in [0.717, 1.165) is 5.56 Å². The number of methoxy groups -OCH3 is 1. The average molecular weight is 446 g/mol. The van der Waals surface area contributed by atoms with Crippen molar-refractivity contribution in [2.24, 2.45) is 0 Å². The fraction of sp³-hybridized carbons (Fsp3) is 0.136. The first-order valence-corrected chi connectivity index (χ1v) is 10.9. The maximum atomic E-state index is 12.7. The van der Waals surface area contributed by atoms with Crippen molar-refractivity contribution >= 4 is 33.9 Å². The maximum Gasteiger partial charge on any atom is 0.357 e. The minimum atomic E-state index is -4.23. The number of hydrogen-bond donors (Lipinski definition) is 0. The van der Waals surface area contributed by atoms with Crippen LogP contribution >= 0.6 is 11.6 Å². The Balaban J connectivity index is 2.07. The SMILES string of the molecule is CCc1cc(=O)n(OS(=O)(=O)c2ccccc2)c(C=Cc2ccc(OC)cc2)c1Cl. The molecular weight excluding hydrogens is 426 g/mol. The molecule has 0 fully saturated rings. The van der Waals surface area contributed by atoms with Gasteiger partial charge in [0.1, 0.15) is 16.3 Å². The van der Waals surface area contributed by atoms with Gasteiger partial charge in [-0.05, 0) is 47.9 Å². The monoisotopic (exact) mass is 445 g/mol. The molecule has 0 saturated carbocycles. The number of benzene rings is 2. The van der Waals surface area contributed by atoms with Crippen molar-refractivity contribution in [3.8, 4) is 5.75 Å². The zero-order chi connectivity index (χ0) is 21.7. The van der Waals surface area contributed by atoms with Crippen LogP contribution in [0, 0.1) is 0 Å². The number of aromatic nitrogens is 1. The van der Waals surface area contributed by atoms with E-state index in [1.807, 2.05) is 19.1 Å². The number of nitrogens with zero attached hydrogens (tertiary/aromatic N) is 1. The number of pyridine rings is 1. The zero-order valence-electron chi connectivity index (χ0n) is 16.4. The third-order valence-electron chi connectivity index (χ3n) is 4.36. The lowest BCUT2D eigenvalue weighted by Crippen LogP contribution is -2.33. The fourth-order valence-corrected chi connectivity index (χ4v) is 3.99. The molecule has 6 nitrogen and oxygen atoms in total. The summed E-state index contributed by atoms with van der Waals surface area (Å²) in [4.78, 5) is 12.6. The lowest BCUT2D eigenvalue weighted by Gasteiger charge is -2.14. The van der Waals surface area contributed by atoms with E-state index in [9.17, 15) is 13.2 Å². The van der Waals surface area contributed by atoms with Crippen molar-refractivity contribution in [2.75, 3.05) is 7.11 Å². The van der Waals surface area contributed by atoms with Gasteiger partial charge in [-0.1, -0.05) is 54.9 Å². The standard InChI is InChI=1S/C22H20ClNO5S/c1-3-17-15-21(25)24(29-30(26,27)19-7-5-4-6-8-19)20(22(17)23)14-11-16-9-12-18(28-2)13-10-16/h4-15H,3H2,1-2H3. The molecule has 1 aromatic heterocycles. The Hall–Kier alpha value is -3.03. The van der Waals surface area contributed by atoms with Crippen LogP contribution in [0.2, 0.25) is 5.02 Å². The highest BCUT2D eigenvalue weighted by molar-refractivity contribution is 7.87. The molecular formula is C22H20ClNO5S. The Morgan fingerprint density at radius 3 is 2.30 bits per heavy atom. The van der Waals surface area contributed by atoms with Crippen LogP contribution in [-0.4, -0.2) is 20.3 Å². The third kappa shape index (κ3) is 4.75. The Labute approximate surface area is 180 Å². The Kier molecular flexibility index (Phi) is 6.64. The molecule has 0 radical (unpaired) electrons. The lowest BCUT2D eigenvalue weighted by molar-refractivity contribution is 0.264. The van der Waals surface area contributed by atoms with Gasteiger partial charge < -0.3 is 4.74 Å². The van der Waals surface area contributed by atoms with Crippen molar-refractivity contribution in [2.45, 2.75) is 18.2 Å². The largest absolute Gasteiger partial charge is 0.497 e. The van der Waals surface area contributed by atoms with Crippen LogP contribution in [0.1, 0.15) is 23.7 Å². The van der Waals surface area contributed by atoms with E-state index in [2.05, 4.69) is 0 Å². The lowest BCUT2D eigenvalue weighted by atomic mass is 10.1.